The van der Waals surface area contributed by atoms with Crippen LogP contribution in [0.4, 0.5) is 5.69 Å². The third kappa shape index (κ3) is 4.62. The predicted molar refractivity (Wildman–Crippen MR) is 110 cm³/mol. The Bertz CT molecular complexity index is 715. The highest BCUT2D eigenvalue weighted by molar-refractivity contribution is 8.23. The molecule has 0 unspecified atom stereocenters. The molecule has 2 aliphatic rings. The lowest BCUT2D eigenvalue weighted by atomic mass is 10.2. The number of hydrogen-bond donors (Lipinski definition) is 0. The number of carbonyl (C=O) groups excluding carboxylic acids is 2. The lowest BCUT2D eigenvalue weighted by Gasteiger charge is -2.36. The van der Waals surface area contributed by atoms with Crippen molar-refractivity contribution < 1.29 is 19.1 Å². The van der Waals surface area contributed by atoms with Crippen LogP contribution in [0, 0.1) is 0 Å². The summed E-state index contributed by atoms with van der Waals surface area (Å²) in [6.45, 7) is 7.89. The molecule has 0 aliphatic carbocycles. The average Bonchev–Trinajstić information content (AvgIpc) is 2.89. The third-order valence-electron chi connectivity index (χ3n) is 4.43. The molecule has 27 heavy (non-hydrogen) atoms. The minimum atomic E-state index is -0.481. The molecule has 3 atom stereocenters. The van der Waals surface area contributed by atoms with Crippen molar-refractivity contribution >= 4 is 45.8 Å². The van der Waals surface area contributed by atoms with Crippen molar-refractivity contribution in [1.82, 2.24) is 4.90 Å². The van der Waals surface area contributed by atoms with Gasteiger partial charge in [-0.05, 0) is 45.0 Å². The molecule has 0 saturated carbocycles. The maximum atomic E-state index is 12.8. The van der Waals surface area contributed by atoms with E-state index in [0.717, 1.165) is 0 Å². The lowest BCUT2D eigenvalue weighted by Crippen LogP contribution is -2.47. The zero-order valence-electron chi connectivity index (χ0n) is 15.7. The second kappa shape index (κ2) is 8.58. The summed E-state index contributed by atoms with van der Waals surface area (Å²) in [5.74, 6) is 0.294. The largest absolute Gasteiger partial charge is 0.494 e. The highest BCUT2D eigenvalue weighted by Crippen LogP contribution is 2.32. The lowest BCUT2D eigenvalue weighted by molar-refractivity contribution is -0.121. The summed E-state index contributed by atoms with van der Waals surface area (Å²) in [6.07, 6.45) is 0.342. The predicted octanol–water partition coefficient (Wildman–Crippen LogP) is 2.84. The van der Waals surface area contributed by atoms with Crippen molar-refractivity contribution in [1.29, 1.82) is 0 Å². The minimum Gasteiger partial charge on any atom is -0.494 e. The molecule has 0 aromatic heterocycles. The van der Waals surface area contributed by atoms with Gasteiger partial charge in [0.2, 0.25) is 11.8 Å². The van der Waals surface area contributed by atoms with Crippen molar-refractivity contribution in [3.8, 4) is 5.75 Å². The molecule has 2 amide bonds. The molecule has 2 fully saturated rings. The molecule has 2 saturated heterocycles. The van der Waals surface area contributed by atoms with Gasteiger partial charge in [0.25, 0.3) is 0 Å². The fourth-order valence-electron chi connectivity index (χ4n) is 3.35. The van der Waals surface area contributed by atoms with Gasteiger partial charge in [0, 0.05) is 19.5 Å². The summed E-state index contributed by atoms with van der Waals surface area (Å²) in [7, 11) is 0. The number of ether oxygens (including phenoxy) is 2. The van der Waals surface area contributed by atoms with Crippen LogP contribution in [-0.4, -0.2) is 58.2 Å². The number of carbonyl (C=O) groups is 2. The zero-order valence-corrected chi connectivity index (χ0v) is 17.3. The first kappa shape index (κ1) is 20.1. The van der Waals surface area contributed by atoms with Gasteiger partial charge in [0.1, 0.15) is 15.3 Å². The van der Waals surface area contributed by atoms with Gasteiger partial charge in [-0.2, -0.15) is 0 Å². The van der Waals surface area contributed by atoms with Crippen LogP contribution in [0.15, 0.2) is 24.3 Å². The number of benzene rings is 1. The second-order valence-electron chi connectivity index (χ2n) is 6.73. The quantitative estimate of drug-likeness (QED) is 0.561. The first-order chi connectivity index (χ1) is 12.9. The Hall–Kier alpha value is -1.64. The van der Waals surface area contributed by atoms with Crippen LogP contribution < -0.4 is 9.64 Å². The molecule has 0 N–H and O–H groups in total. The van der Waals surface area contributed by atoms with E-state index in [0.29, 0.717) is 35.5 Å². The smallest absolute Gasteiger partial charge is 0.247 e. The fraction of sp³-hybridized carbons (Fsp3) is 0.526. The van der Waals surface area contributed by atoms with Crippen LogP contribution in [-0.2, 0) is 14.3 Å². The summed E-state index contributed by atoms with van der Waals surface area (Å²) in [4.78, 5) is 28.6. The van der Waals surface area contributed by atoms with Crippen molar-refractivity contribution in [2.45, 2.75) is 44.6 Å². The maximum absolute atomic E-state index is 12.8. The number of anilines is 1. The maximum Gasteiger partial charge on any atom is 0.247 e. The summed E-state index contributed by atoms with van der Waals surface area (Å²) in [5.41, 5.74) is 0.566. The molecule has 0 radical (unpaired) electrons. The molecule has 6 nitrogen and oxygen atoms in total. The number of rotatable bonds is 4. The number of morpholine rings is 1. The SMILES string of the molecule is CCOc1ccc(N2C(=O)C[C@H](SC(=S)N3C[C@@H](C)O[C@@H](C)C3)C2=O)cc1. The number of amides is 2. The van der Waals surface area contributed by atoms with Gasteiger partial charge in [-0.1, -0.05) is 24.0 Å². The van der Waals surface area contributed by atoms with Crippen LogP contribution in [0.25, 0.3) is 0 Å². The van der Waals surface area contributed by atoms with E-state index in [1.54, 1.807) is 24.3 Å². The van der Waals surface area contributed by atoms with Crippen LogP contribution in [0.5, 0.6) is 5.75 Å². The number of nitrogens with zero attached hydrogens (tertiary/aromatic N) is 2. The molecule has 0 spiro atoms. The van der Waals surface area contributed by atoms with Crippen molar-refractivity contribution in [2.75, 3.05) is 24.6 Å². The van der Waals surface area contributed by atoms with E-state index in [9.17, 15) is 9.59 Å². The Morgan fingerprint density at radius 3 is 2.44 bits per heavy atom. The second-order valence-corrected chi connectivity index (χ2v) is 8.57. The molecule has 8 heteroatoms. The van der Waals surface area contributed by atoms with E-state index in [1.807, 2.05) is 20.8 Å². The Morgan fingerprint density at radius 2 is 1.85 bits per heavy atom. The highest BCUT2D eigenvalue weighted by atomic mass is 32.2. The molecule has 0 bridgehead atoms. The first-order valence-corrected chi connectivity index (χ1v) is 10.4. The van der Waals surface area contributed by atoms with Crippen LogP contribution >= 0.6 is 24.0 Å². The Kier molecular flexibility index (Phi) is 6.39. The Morgan fingerprint density at radius 1 is 1.22 bits per heavy atom. The molecule has 3 rings (SSSR count). The fourth-order valence-corrected chi connectivity index (χ4v) is 4.82. The van der Waals surface area contributed by atoms with Crippen LogP contribution in [0.3, 0.4) is 0 Å². The van der Waals surface area contributed by atoms with Crippen LogP contribution in [0.1, 0.15) is 27.2 Å². The third-order valence-corrected chi connectivity index (χ3v) is 6.09. The van der Waals surface area contributed by atoms with E-state index >= 15 is 0 Å². The normalized spacial score (nSPS) is 25.8. The monoisotopic (exact) mass is 408 g/mol. The molecular formula is C19H24N2O4S2. The van der Waals surface area contributed by atoms with Gasteiger partial charge >= 0.3 is 0 Å². The van der Waals surface area contributed by atoms with Gasteiger partial charge < -0.3 is 14.4 Å². The summed E-state index contributed by atoms with van der Waals surface area (Å²) < 4.78 is 11.8. The van der Waals surface area contributed by atoms with Gasteiger partial charge in [0.15, 0.2) is 0 Å². The van der Waals surface area contributed by atoms with Crippen LogP contribution in [0.2, 0.25) is 0 Å². The molecule has 2 heterocycles. The number of hydrogen-bond acceptors (Lipinski definition) is 6. The molecule has 146 valence electrons. The number of imide groups is 1. The van der Waals surface area contributed by atoms with E-state index in [4.69, 9.17) is 21.7 Å². The first-order valence-electron chi connectivity index (χ1n) is 9.09. The minimum absolute atomic E-state index is 0.0913. The van der Waals surface area contributed by atoms with E-state index in [2.05, 4.69) is 4.90 Å². The van der Waals surface area contributed by atoms with Gasteiger partial charge in [-0.15, -0.1) is 0 Å². The molecule has 2 aliphatic heterocycles. The molecule has 1 aromatic rings. The van der Waals surface area contributed by atoms with E-state index in [-0.39, 0.29) is 30.4 Å². The van der Waals surface area contributed by atoms with E-state index in [1.165, 1.54) is 16.7 Å². The standard InChI is InChI=1S/C19H24N2O4S2/c1-4-24-15-7-5-14(6-8-15)21-17(22)9-16(18(21)23)27-19(26)20-10-12(2)25-13(3)11-20/h5-8,12-13,16H,4,9-11H2,1-3H3/t12-,13+,16-/m0/s1. The van der Waals surface area contributed by atoms with Crippen molar-refractivity contribution in [3.63, 3.8) is 0 Å². The Labute approximate surface area is 169 Å². The Balaban J connectivity index is 1.66. The summed E-state index contributed by atoms with van der Waals surface area (Å²) in [5, 5.41) is -0.481. The summed E-state index contributed by atoms with van der Waals surface area (Å²) in [6, 6.07) is 7.00. The average molecular weight is 409 g/mol. The number of thiocarbonyl (C=S) groups is 1. The zero-order chi connectivity index (χ0) is 19.6. The highest BCUT2D eigenvalue weighted by Gasteiger charge is 2.41. The molecular weight excluding hydrogens is 384 g/mol. The van der Waals surface area contributed by atoms with Gasteiger partial charge in [0.05, 0.1) is 24.5 Å². The summed E-state index contributed by atoms with van der Waals surface area (Å²) >= 11 is 6.85. The number of thioether (sulfide) groups is 1. The van der Waals surface area contributed by atoms with Crippen molar-refractivity contribution in [2.24, 2.45) is 0 Å². The molecule has 1 aromatic carbocycles. The topological polar surface area (TPSA) is 59.1 Å². The van der Waals surface area contributed by atoms with E-state index < -0.39 is 5.25 Å². The van der Waals surface area contributed by atoms with Gasteiger partial charge in [-0.25, -0.2) is 4.90 Å². The van der Waals surface area contributed by atoms with Gasteiger partial charge in [-0.3, -0.25) is 9.59 Å². The van der Waals surface area contributed by atoms with Crippen molar-refractivity contribution in [3.05, 3.63) is 24.3 Å².